The molecule has 2 aliphatic heterocycles. The van der Waals surface area contributed by atoms with Gasteiger partial charge in [0.25, 0.3) is 0 Å². The van der Waals surface area contributed by atoms with Crippen molar-refractivity contribution in [2.75, 3.05) is 13.7 Å². The summed E-state index contributed by atoms with van der Waals surface area (Å²) in [6, 6.07) is 30.3. The van der Waals surface area contributed by atoms with Gasteiger partial charge in [0.1, 0.15) is 17.8 Å². The first-order valence-corrected chi connectivity index (χ1v) is 12.0. The van der Waals surface area contributed by atoms with Gasteiger partial charge in [0.15, 0.2) is 12.1 Å². The standard InChI is InChI=1S/C30H30O6/c1-29(2)35-27-24(19-26(31)32-3)25(34-28(27)36-29)20-33-30(21-13-7-4-8-14-21,22-15-9-5-10-16-22)23-17-11-6-12-18-23/h4-19,25,27-28H,20H2,1-3H3/b24-19+/t25-,27-,28-/m1/s1. The van der Waals surface area contributed by atoms with Crippen LogP contribution in [-0.2, 0) is 34.1 Å². The van der Waals surface area contributed by atoms with Crippen LogP contribution in [0.5, 0.6) is 0 Å². The average Bonchev–Trinajstić information content (AvgIpc) is 3.37. The lowest BCUT2D eigenvalue weighted by Crippen LogP contribution is -2.37. The van der Waals surface area contributed by atoms with Crippen molar-refractivity contribution >= 4 is 5.97 Å². The van der Waals surface area contributed by atoms with Crippen molar-refractivity contribution in [3.8, 4) is 0 Å². The second-order valence-electron chi connectivity index (χ2n) is 9.31. The minimum atomic E-state index is -0.914. The number of carbonyl (C=O) groups excluding carboxylic acids is 1. The fraction of sp³-hybridized carbons (Fsp3) is 0.300. The summed E-state index contributed by atoms with van der Waals surface area (Å²) < 4.78 is 30.1. The van der Waals surface area contributed by atoms with Crippen LogP contribution in [0.2, 0.25) is 0 Å². The Morgan fingerprint density at radius 3 is 1.83 bits per heavy atom. The maximum atomic E-state index is 12.2. The van der Waals surface area contributed by atoms with E-state index in [0.717, 1.165) is 16.7 Å². The second kappa shape index (κ2) is 9.99. The van der Waals surface area contributed by atoms with Gasteiger partial charge in [-0.25, -0.2) is 4.79 Å². The molecule has 5 rings (SSSR count). The zero-order chi connectivity index (χ0) is 25.2. The monoisotopic (exact) mass is 486 g/mol. The van der Waals surface area contributed by atoms with Crippen molar-refractivity contribution in [1.82, 2.24) is 0 Å². The van der Waals surface area contributed by atoms with Crippen molar-refractivity contribution in [3.05, 3.63) is 119 Å². The number of benzene rings is 3. The third kappa shape index (κ3) is 4.61. The molecule has 0 unspecified atom stereocenters. The number of hydrogen-bond donors (Lipinski definition) is 0. The summed E-state index contributed by atoms with van der Waals surface area (Å²) >= 11 is 0. The maximum absolute atomic E-state index is 12.2. The highest BCUT2D eigenvalue weighted by Crippen LogP contribution is 2.44. The number of hydrogen-bond acceptors (Lipinski definition) is 6. The summed E-state index contributed by atoms with van der Waals surface area (Å²) in [6.07, 6.45) is -0.291. The summed E-state index contributed by atoms with van der Waals surface area (Å²) in [6.45, 7) is 3.80. The SMILES string of the molecule is COC(=O)/C=C1/[C@H]2OC(C)(C)O[C@H]2O[C@@H]1COC(c1ccccc1)(c1ccccc1)c1ccccc1. The number of rotatable bonds is 7. The summed E-state index contributed by atoms with van der Waals surface area (Å²) in [4.78, 5) is 12.2. The van der Waals surface area contributed by atoms with Crippen molar-refractivity contribution in [1.29, 1.82) is 0 Å². The number of ether oxygens (including phenoxy) is 5. The minimum absolute atomic E-state index is 0.154. The van der Waals surface area contributed by atoms with Gasteiger partial charge >= 0.3 is 5.97 Å². The highest BCUT2D eigenvalue weighted by atomic mass is 16.8. The summed E-state index contributed by atoms with van der Waals surface area (Å²) in [5, 5.41) is 0. The van der Waals surface area contributed by atoms with Gasteiger partial charge in [-0.15, -0.1) is 0 Å². The molecule has 6 nitrogen and oxygen atoms in total. The van der Waals surface area contributed by atoms with Crippen LogP contribution in [0, 0.1) is 0 Å². The molecule has 0 radical (unpaired) electrons. The van der Waals surface area contributed by atoms with Crippen LogP contribution >= 0.6 is 0 Å². The van der Waals surface area contributed by atoms with E-state index in [9.17, 15) is 4.79 Å². The van der Waals surface area contributed by atoms with Gasteiger partial charge < -0.3 is 23.7 Å². The van der Waals surface area contributed by atoms with E-state index in [1.165, 1.54) is 13.2 Å². The highest BCUT2D eigenvalue weighted by Gasteiger charge is 2.52. The molecule has 2 saturated heterocycles. The molecule has 36 heavy (non-hydrogen) atoms. The van der Waals surface area contributed by atoms with Crippen LogP contribution in [0.1, 0.15) is 30.5 Å². The molecule has 0 bridgehead atoms. The first-order valence-electron chi connectivity index (χ1n) is 12.0. The van der Waals surface area contributed by atoms with Crippen LogP contribution in [0.15, 0.2) is 103 Å². The molecule has 0 N–H and O–H groups in total. The molecular weight excluding hydrogens is 456 g/mol. The largest absolute Gasteiger partial charge is 0.466 e. The third-order valence-electron chi connectivity index (χ3n) is 6.53. The lowest BCUT2D eigenvalue weighted by Gasteiger charge is -2.37. The van der Waals surface area contributed by atoms with Crippen LogP contribution in [-0.4, -0.2) is 44.0 Å². The van der Waals surface area contributed by atoms with Gasteiger partial charge in [-0.05, 0) is 30.5 Å². The molecule has 0 amide bonds. The molecule has 0 aromatic heterocycles. The molecule has 0 saturated carbocycles. The maximum Gasteiger partial charge on any atom is 0.330 e. The Bertz CT molecular complexity index is 1110. The Balaban J connectivity index is 1.56. The fourth-order valence-corrected chi connectivity index (χ4v) is 4.95. The van der Waals surface area contributed by atoms with Crippen LogP contribution in [0.4, 0.5) is 0 Å². The molecule has 186 valence electrons. The second-order valence-corrected chi connectivity index (χ2v) is 9.31. The Morgan fingerprint density at radius 1 is 0.861 bits per heavy atom. The van der Waals surface area contributed by atoms with Gasteiger partial charge in [0.05, 0.1) is 13.7 Å². The van der Waals surface area contributed by atoms with Crippen LogP contribution in [0.25, 0.3) is 0 Å². The third-order valence-corrected chi connectivity index (χ3v) is 6.53. The van der Waals surface area contributed by atoms with E-state index in [0.29, 0.717) is 5.57 Å². The number of fused-ring (bicyclic) bond motifs is 1. The predicted molar refractivity (Wildman–Crippen MR) is 134 cm³/mol. The molecule has 0 aliphatic carbocycles. The summed E-state index contributed by atoms with van der Waals surface area (Å²) in [7, 11) is 1.35. The number of carbonyl (C=O) groups is 1. The van der Waals surface area contributed by atoms with E-state index >= 15 is 0 Å². The highest BCUT2D eigenvalue weighted by molar-refractivity contribution is 5.83. The van der Waals surface area contributed by atoms with Crippen molar-refractivity contribution in [3.63, 3.8) is 0 Å². The van der Waals surface area contributed by atoms with Gasteiger partial charge in [0.2, 0.25) is 0 Å². The average molecular weight is 487 g/mol. The smallest absolute Gasteiger partial charge is 0.330 e. The van der Waals surface area contributed by atoms with Gasteiger partial charge in [-0.3, -0.25) is 0 Å². The molecule has 3 aromatic carbocycles. The zero-order valence-corrected chi connectivity index (χ0v) is 20.6. The lowest BCUT2D eigenvalue weighted by atomic mass is 9.80. The summed E-state index contributed by atoms with van der Waals surface area (Å²) in [5.74, 6) is -1.30. The molecule has 3 aromatic rings. The Hall–Kier alpha value is -3.29. The van der Waals surface area contributed by atoms with Crippen molar-refractivity contribution < 1.29 is 28.5 Å². The molecule has 0 spiro atoms. The van der Waals surface area contributed by atoms with Crippen LogP contribution in [0.3, 0.4) is 0 Å². The Kier molecular flexibility index (Phi) is 6.77. The fourth-order valence-electron chi connectivity index (χ4n) is 4.95. The molecule has 6 heteroatoms. The molecular formula is C30H30O6. The van der Waals surface area contributed by atoms with E-state index in [1.807, 2.05) is 68.4 Å². The first-order chi connectivity index (χ1) is 17.4. The minimum Gasteiger partial charge on any atom is -0.466 e. The van der Waals surface area contributed by atoms with E-state index in [-0.39, 0.29) is 6.61 Å². The van der Waals surface area contributed by atoms with E-state index in [1.54, 1.807) is 0 Å². The normalized spacial score (nSPS) is 24.0. The molecule has 2 heterocycles. The van der Waals surface area contributed by atoms with Crippen LogP contribution < -0.4 is 0 Å². The number of esters is 1. The zero-order valence-electron chi connectivity index (χ0n) is 20.6. The van der Waals surface area contributed by atoms with Crippen molar-refractivity contribution in [2.45, 2.75) is 43.7 Å². The van der Waals surface area contributed by atoms with Gasteiger partial charge in [0, 0.05) is 11.6 Å². The lowest BCUT2D eigenvalue weighted by molar-refractivity contribution is -0.206. The number of methoxy groups -OCH3 is 1. The molecule has 3 atom stereocenters. The predicted octanol–water partition coefficient (Wildman–Crippen LogP) is 4.97. The quantitative estimate of drug-likeness (QED) is 0.267. The van der Waals surface area contributed by atoms with Crippen molar-refractivity contribution in [2.24, 2.45) is 0 Å². The van der Waals surface area contributed by atoms with Gasteiger partial charge in [-0.2, -0.15) is 0 Å². The van der Waals surface area contributed by atoms with E-state index < -0.39 is 35.9 Å². The molecule has 2 fully saturated rings. The Labute approximate surface area is 211 Å². The van der Waals surface area contributed by atoms with E-state index in [2.05, 4.69) is 36.4 Å². The topological polar surface area (TPSA) is 63.2 Å². The Morgan fingerprint density at radius 2 is 1.36 bits per heavy atom. The first kappa shape index (κ1) is 24.4. The summed E-state index contributed by atoms with van der Waals surface area (Å²) in [5.41, 5.74) is 2.66. The molecule has 2 aliphatic rings. The van der Waals surface area contributed by atoms with Gasteiger partial charge in [-0.1, -0.05) is 91.0 Å². The van der Waals surface area contributed by atoms with E-state index in [4.69, 9.17) is 23.7 Å².